The van der Waals surface area contributed by atoms with Crippen molar-refractivity contribution in [1.82, 2.24) is 0 Å². The molecule has 0 saturated heterocycles. The van der Waals surface area contributed by atoms with Crippen LogP contribution < -0.4 is 0 Å². The predicted molar refractivity (Wildman–Crippen MR) is 38.0 cm³/mol. The minimum Gasteiger partial charge on any atom is -0.287 e. The van der Waals surface area contributed by atoms with Crippen LogP contribution in [0.3, 0.4) is 0 Å². The van der Waals surface area contributed by atoms with Gasteiger partial charge in [-0.2, -0.15) is 0 Å². The van der Waals surface area contributed by atoms with Gasteiger partial charge in [-0.15, -0.1) is 12.6 Å². The molecule has 0 aliphatic carbocycles. The molecule has 0 aliphatic rings. The van der Waals surface area contributed by atoms with Crippen molar-refractivity contribution in [3.63, 3.8) is 0 Å². The van der Waals surface area contributed by atoms with Crippen LogP contribution >= 0.6 is 12.6 Å². The zero-order chi connectivity index (χ0) is 6.41. The first-order valence-electron chi connectivity index (χ1n) is 2.60. The van der Waals surface area contributed by atoms with Crippen molar-refractivity contribution < 1.29 is 4.79 Å². The second-order valence-electron chi connectivity index (χ2n) is 1.50. The highest BCUT2D eigenvalue weighted by molar-refractivity contribution is 7.96. The molecule has 0 aliphatic heterocycles. The van der Waals surface area contributed by atoms with E-state index in [1.165, 1.54) is 0 Å². The van der Waals surface area contributed by atoms with E-state index in [4.69, 9.17) is 0 Å². The Kier molecular flexibility index (Phi) is 4.76. The lowest BCUT2D eigenvalue weighted by atomic mass is 10.3. The third-order valence-electron chi connectivity index (χ3n) is 0.761. The van der Waals surface area contributed by atoms with Crippen molar-refractivity contribution >= 4 is 17.7 Å². The lowest BCUT2D eigenvalue weighted by Crippen LogP contribution is -1.81. The lowest BCUT2D eigenvalue weighted by molar-refractivity contribution is -0.110. The second kappa shape index (κ2) is 4.91. The van der Waals surface area contributed by atoms with Gasteiger partial charge < -0.3 is 0 Å². The van der Waals surface area contributed by atoms with Crippen LogP contribution in [0, 0.1) is 0 Å². The molecule has 0 saturated carbocycles. The first-order valence-corrected chi connectivity index (χ1v) is 3.05. The van der Waals surface area contributed by atoms with Gasteiger partial charge in [-0.1, -0.05) is 12.2 Å². The molecule has 0 rings (SSSR count). The fourth-order valence-electron chi connectivity index (χ4n) is 0.373. The first kappa shape index (κ1) is 7.76. The summed E-state index contributed by atoms with van der Waals surface area (Å²) in [5.74, 6) is 0. The summed E-state index contributed by atoms with van der Waals surface area (Å²) in [5, 5.41) is -0.0388. The SMILES string of the molecule is CC=CCCC(=O)S. The standard InChI is InChI=1S/C6H10OS/c1-2-3-4-5-6(7)8/h2-3H,4-5H2,1H3,(H,7,8). The number of carbonyl (C=O) groups is 1. The number of hydrogen-bond acceptors (Lipinski definition) is 1. The summed E-state index contributed by atoms with van der Waals surface area (Å²) in [6.45, 7) is 1.93. The number of allylic oxidation sites excluding steroid dienone is 2. The molecular weight excluding hydrogens is 120 g/mol. The van der Waals surface area contributed by atoms with E-state index < -0.39 is 0 Å². The summed E-state index contributed by atoms with van der Waals surface area (Å²) in [4.78, 5) is 10.1. The zero-order valence-electron chi connectivity index (χ0n) is 4.92. The molecule has 0 heterocycles. The summed E-state index contributed by atoms with van der Waals surface area (Å²) >= 11 is 3.60. The van der Waals surface area contributed by atoms with Gasteiger partial charge in [0.1, 0.15) is 0 Å². The number of carbonyl (C=O) groups excluding carboxylic acids is 1. The highest BCUT2D eigenvalue weighted by Crippen LogP contribution is 1.94. The highest BCUT2D eigenvalue weighted by atomic mass is 32.1. The Morgan fingerprint density at radius 3 is 2.75 bits per heavy atom. The van der Waals surface area contributed by atoms with Crippen LogP contribution in [-0.4, -0.2) is 5.12 Å². The van der Waals surface area contributed by atoms with E-state index in [9.17, 15) is 4.79 Å². The van der Waals surface area contributed by atoms with Gasteiger partial charge in [0, 0.05) is 6.42 Å². The molecule has 1 nitrogen and oxygen atoms in total. The number of thiol groups is 1. The fourth-order valence-corrected chi connectivity index (χ4v) is 0.503. The van der Waals surface area contributed by atoms with Crippen LogP contribution in [0.2, 0.25) is 0 Å². The van der Waals surface area contributed by atoms with E-state index in [0.29, 0.717) is 6.42 Å². The Morgan fingerprint density at radius 2 is 2.38 bits per heavy atom. The summed E-state index contributed by atoms with van der Waals surface area (Å²) in [7, 11) is 0. The summed E-state index contributed by atoms with van der Waals surface area (Å²) in [6, 6.07) is 0. The van der Waals surface area contributed by atoms with Gasteiger partial charge in [-0.3, -0.25) is 4.79 Å². The maximum atomic E-state index is 10.1. The predicted octanol–water partition coefficient (Wildman–Crippen LogP) is 1.80. The van der Waals surface area contributed by atoms with Gasteiger partial charge in [0.25, 0.3) is 0 Å². The van der Waals surface area contributed by atoms with Crippen LogP contribution in [0.4, 0.5) is 0 Å². The van der Waals surface area contributed by atoms with Gasteiger partial charge in [-0.25, -0.2) is 0 Å². The van der Waals surface area contributed by atoms with Crippen molar-refractivity contribution in [2.75, 3.05) is 0 Å². The summed E-state index contributed by atoms with van der Waals surface area (Å²) in [5.41, 5.74) is 0. The van der Waals surface area contributed by atoms with Crippen LogP contribution in [0.15, 0.2) is 12.2 Å². The molecule has 0 aromatic heterocycles. The Bertz CT molecular complexity index is 96.7. The van der Waals surface area contributed by atoms with Crippen LogP contribution in [0.25, 0.3) is 0 Å². The Morgan fingerprint density at radius 1 is 1.75 bits per heavy atom. The first-order chi connectivity index (χ1) is 3.77. The second-order valence-corrected chi connectivity index (χ2v) is 2.00. The Labute approximate surface area is 55.2 Å². The van der Waals surface area contributed by atoms with Crippen molar-refractivity contribution in [3.05, 3.63) is 12.2 Å². The maximum Gasteiger partial charge on any atom is 0.186 e. The minimum absolute atomic E-state index is 0.0388. The van der Waals surface area contributed by atoms with E-state index in [-0.39, 0.29) is 5.12 Å². The average Bonchev–Trinajstić information content (AvgIpc) is 1.66. The molecule has 0 radical (unpaired) electrons. The van der Waals surface area contributed by atoms with Gasteiger partial charge in [-0.05, 0) is 13.3 Å². The molecule has 0 N–H and O–H groups in total. The van der Waals surface area contributed by atoms with Gasteiger partial charge in [0.15, 0.2) is 5.12 Å². The van der Waals surface area contributed by atoms with Gasteiger partial charge in [0.2, 0.25) is 0 Å². The third kappa shape index (κ3) is 5.76. The van der Waals surface area contributed by atoms with Gasteiger partial charge in [0.05, 0.1) is 0 Å². The van der Waals surface area contributed by atoms with Gasteiger partial charge >= 0.3 is 0 Å². The fraction of sp³-hybridized carbons (Fsp3) is 0.500. The minimum atomic E-state index is -0.0388. The molecule has 0 atom stereocenters. The molecule has 0 spiro atoms. The van der Waals surface area contributed by atoms with E-state index in [1.54, 1.807) is 0 Å². The zero-order valence-corrected chi connectivity index (χ0v) is 5.82. The van der Waals surface area contributed by atoms with Crippen molar-refractivity contribution in [3.8, 4) is 0 Å². The van der Waals surface area contributed by atoms with Crippen molar-refractivity contribution in [1.29, 1.82) is 0 Å². The molecule has 0 unspecified atom stereocenters. The molecule has 2 heteroatoms. The summed E-state index contributed by atoms with van der Waals surface area (Å²) < 4.78 is 0. The van der Waals surface area contributed by atoms with E-state index in [0.717, 1.165) is 6.42 Å². The number of hydrogen-bond donors (Lipinski definition) is 1. The Balaban J connectivity index is 3.05. The molecule has 46 valence electrons. The van der Waals surface area contributed by atoms with E-state index >= 15 is 0 Å². The van der Waals surface area contributed by atoms with E-state index in [1.807, 2.05) is 19.1 Å². The molecule has 0 bridgehead atoms. The van der Waals surface area contributed by atoms with Crippen molar-refractivity contribution in [2.24, 2.45) is 0 Å². The molecular formula is C6H10OS. The molecule has 0 aromatic rings. The highest BCUT2D eigenvalue weighted by Gasteiger charge is 1.87. The van der Waals surface area contributed by atoms with E-state index in [2.05, 4.69) is 12.6 Å². The average molecular weight is 130 g/mol. The van der Waals surface area contributed by atoms with Crippen LogP contribution in [-0.2, 0) is 4.79 Å². The van der Waals surface area contributed by atoms with Crippen LogP contribution in [0.5, 0.6) is 0 Å². The summed E-state index contributed by atoms with van der Waals surface area (Å²) in [6.07, 6.45) is 5.25. The third-order valence-corrected chi connectivity index (χ3v) is 0.984. The largest absolute Gasteiger partial charge is 0.287 e. The quantitative estimate of drug-likeness (QED) is 0.455. The number of rotatable bonds is 3. The lowest BCUT2D eigenvalue weighted by Gasteiger charge is -1.83. The Hall–Kier alpha value is -0.240. The molecule has 0 amide bonds. The van der Waals surface area contributed by atoms with Crippen LogP contribution in [0.1, 0.15) is 19.8 Å². The smallest absolute Gasteiger partial charge is 0.186 e. The molecule has 0 aromatic carbocycles. The normalized spacial score (nSPS) is 10.2. The topological polar surface area (TPSA) is 17.1 Å². The monoisotopic (exact) mass is 130 g/mol. The van der Waals surface area contributed by atoms with Crippen molar-refractivity contribution in [2.45, 2.75) is 19.8 Å². The maximum absolute atomic E-state index is 10.1. The molecule has 8 heavy (non-hydrogen) atoms. The molecule has 0 fully saturated rings.